The number of hydrogen-bond acceptors (Lipinski definition) is 3. The summed E-state index contributed by atoms with van der Waals surface area (Å²) in [7, 11) is -3.55. The first kappa shape index (κ1) is 17.8. The van der Waals surface area contributed by atoms with Crippen LogP contribution in [0.5, 0.6) is 5.75 Å². The highest BCUT2D eigenvalue weighted by molar-refractivity contribution is 7.91. The van der Waals surface area contributed by atoms with Gasteiger partial charge in [-0.05, 0) is 69.7 Å². The maximum absolute atomic E-state index is 12.7. The topological polar surface area (TPSA) is 43.4 Å². The van der Waals surface area contributed by atoms with Gasteiger partial charge in [0, 0.05) is 0 Å². The van der Waals surface area contributed by atoms with Crippen LogP contribution in [0.25, 0.3) is 0 Å². The molecule has 0 aliphatic heterocycles. The lowest BCUT2D eigenvalue weighted by molar-refractivity contribution is 0.242. The molecule has 0 aromatic heterocycles. The van der Waals surface area contributed by atoms with E-state index in [9.17, 15) is 8.42 Å². The normalized spacial score (nSPS) is 12.4. The van der Waals surface area contributed by atoms with Crippen molar-refractivity contribution in [3.8, 4) is 5.75 Å². The molecule has 0 aliphatic carbocycles. The molecule has 2 aromatic rings. The van der Waals surface area contributed by atoms with Crippen molar-refractivity contribution in [3.05, 3.63) is 54.1 Å². The van der Waals surface area contributed by atoms with Crippen molar-refractivity contribution in [3.63, 3.8) is 0 Å². The van der Waals surface area contributed by atoms with Crippen molar-refractivity contribution in [1.82, 2.24) is 0 Å². The van der Waals surface area contributed by atoms with Gasteiger partial charge < -0.3 is 4.74 Å². The molecule has 5 heteroatoms. The molecule has 0 amide bonds. The van der Waals surface area contributed by atoms with Gasteiger partial charge in [0.05, 0.1) is 20.8 Å². The molecule has 0 atom stereocenters. The van der Waals surface area contributed by atoms with Crippen LogP contribution in [0.3, 0.4) is 0 Å². The van der Waals surface area contributed by atoms with E-state index in [0.717, 1.165) is 5.56 Å². The van der Waals surface area contributed by atoms with Gasteiger partial charge in [0.1, 0.15) is 5.75 Å². The Kier molecular flexibility index (Phi) is 5.07. The monoisotopic (exact) mass is 352 g/mol. The Morgan fingerprint density at radius 3 is 1.74 bits per heavy atom. The van der Waals surface area contributed by atoms with Gasteiger partial charge in [-0.3, -0.25) is 0 Å². The molecule has 0 heterocycles. The molecule has 0 radical (unpaired) electrons. The molecule has 23 heavy (non-hydrogen) atoms. The Bertz CT molecular complexity index is 755. The van der Waals surface area contributed by atoms with E-state index in [-0.39, 0.29) is 15.9 Å². The van der Waals surface area contributed by atoms with Crippen LogP contribution in [-0.4, -0.2) is 14.5 Å². The van der Waals surface area contributed by atoms with Crippen molar-refractivity contribution < 1.29 is 13.2 Å². The highest BCUT2D eigenvalue weighted by atomic mass is 35.5. The van der Waals surface area contributed by atoms with Crippen molar-refractivity contribution in [1.29, 1.82) is 0 Å². The van der Waals surface area contributed by atoms with Gasteiger partial charge in [0.15, 0.2) is 0 Å². The zero-order valence-electron chi connectivity index (χ0n) is 13.7. The first-order valence-electron chi connectivity index (χ1n) is 7.42. The summed E-state index contributed by atoms with van der Waals surface area (Å²) < 4.78 is 30.8. The number of rotatable bonds is 5. The fourth-order valence-corrected chi connectivity index (χ4v) is 3.52. The number of benzene rings is 2. The average molecular weight is 353 g/mol. The smallest absolute Gasteiger partial charge is 0.206 e. The molecular weight excluding hydrogens is 332 g/mol. The van der Waals surface area contributed by atoms with Crippen LogP contribution >= 0.6 is 11.6 Å². The van der Waals surface area contributed by atoms with Crippen LogP contribution in [0.2, 0.25) is 0 Å². The molecule has 0 spiro atoms. The SMILES string of the molecule is CC(C)Oc1ccc(S(=O)(=O)c2ccc(C(C)(C)Cl)cc2)cc1. The Morgan fingerprint density at radius 1 is 0.913 bits per heavy atom. The predicted molar refractivity (Wildman–Crippen MR) is 93.0 cm³/mol. The minimum absolute atomic E-state index is 0.0453. The number of hydrogen-bond donors (Lipinski definition) is 0. The van der Waals surface area contributed by atoms with Crippen LogP contribution in [0, 0.1) is 0 Å². The molecule has 0 fully saturated rings. The third-order valence-electron chi connectivity index (χ3n) is 3.36. The second kappa shape index (κ2) is 6.54. The van der Waals surface area contributed by atoms with E-state index in [2.05, 4.69) is 0 Å². The van der Waals surface area contributed by atoms with E-state index in [1.54, 1.807) is 48.5 Å². The number of halogens is 1. The van der Waals surface area contributed by atoms with Gasteiger partial charge in [0.2, 0.25) is 9.84 Å². The van der Waals surface area contributed by atoms with E-state index in [1.807, 2.05) is 27.7 Å². The molecule has 0 unspecified atom stereocenters. The van der Waals surface area contributed by atoms with Crippen molar-refractivity contribution in [2.24, 2.45) is 0 Å². The molecule has 3 nitrogen and oxygen atoms in total. The van der Waals surface area contributed by atoms with E-state index in [1.165, 1.54) is 0 Å². The van der Waals surface area contributed by atoms with Crippen LogP contribution in [0.1, 0.15) is 33.3 Å². The maximum Gasteiger partial charge on any atom is 0.206 e. The molecule has 0 saturated carbocycles. The third-order valence-corrected chi connectivity index (χ3v) is 5.36. The maximum atomic E-state index is 12.7. The molecule has 0 aliphatic rings. The standard InChI is InChI=1S/C18H21ClO3S/c1-13(2)22-15-7-11-17(12-8-15)23(20,21)16-9-5-14(6-10-16)18(3,4)19/h5-13H,1-4H3. The fourth-order valence-electron chi connectivity index (χ4n) is 2.14. The highest BCUT2D eigenvalue weighted by Gasteiger charge is 2.20. The predicted octanol–water partition coefficient (Wildman–Crippen LogP) is 4.78. The van der Waals surface area contributed by atoms with Gasteiger partial charge in [-0.2, -0.15) is 0 Å². The van der Waals surface area contributed by atoms with E-state index >= 15 is 0 Å². The van der Waals surface area contributed by atoms with Crippen LogP contribution in [0.15, 0.2) is 58.3 Å². The lowest BCUT2D eigenvalue weighted by atomic mass is 10.0. The second-order valence-corrected chi connectivity index (χ2v) is 9.03. The van der Waals surface area contributed by atoms with Crippen molar-refractivity contribution in [2.75, 3.05) is 0 Å². The molecule has 0 saturated heterocycles. The lowest BCUT2D eigenvalue weighted by Gasteiger charge is -2.16. The first-order chi connectivity index (χ1) is 10.6. The summed E-state index contributed by atoms with van der Waals surface area (Å²) in [6, 6.07) is 13.1. The average Bonchev–Trinajstić information content (AvgIpc) is 2.46. The van der Waals surface area contributed by atoms with Crippen molar-refractivity contribution >= 4 is 21.4 Å². The Labute approximate surface area is 143 Å². The summed E-state index contributed by atoms with van der Waals surface area (Å²) >= 11 is 6.24. The summed E-state index contributed by atoms with van der Waals surface area (Å²) in [5.41, 5.74) is 0.874. The Hall–Kier alpha value is -1.52. The van der Waals surface area contributed by atoms with E-state index < -0.39 is 14.7 Å². The summed E-state index contributed by atoms with van der Waals surface area (Å²) in [6.07, 6.45) is 0.0453. The quantitative estimate of drug-likeness (QED) is 0.727. The lowest BCUT2D eigenvalue weighted by Crippen LogP contribution is -2.08. The van der Waals surface area contributed by atoms with Crippen LogP contribution in [0.4, 0.5) is 0 Å². The van der Waals surface area contributed by atoms with Gasteiger partial charge in [0.25, 0.3) is 0 Å². The number of alkyl halides is 1. The summed E-state index contributed by atoms with van der Waals surface area (Å²) in [4.78, 5) is -0.0378. The summed E-state index contributed by atoms with van der Waals surface area (Å²) in [6.45, 7) is 7.58. The van der Waals surface area contributed by atoms with Gasteiger partial charge in [-0.25, -0.2) is 8.42 Å². The van der Waals surface area contributed by atoms with E-state index in [4.69, 9.17) is 16.3 Å². The highest BCUT2D eigenvalue weighted by Crippen LogP contribution is 2.30. The van der Waals surface area contributed by atoms with Crippen molar-refractivity contribution in [2.45, 2.75) is 48.5 Å². The van der Waals surface area contributed by atoms with Crippen LogP contribution in [-0.2, 0) is 14.7 Å². The molecule has 0 N–H and O–H groups in total. The number of ether oxygens (including phenoxy) is 1. The summed E-state index contributed by atoms with van der Waals surface area (Å²) in [5.74, 6) is 0.651. The largest absolute Gasteiger partial charge is 0.491 e. The summed E-state index contributed by atoms with van der Waals surface area (Å²) in [5, 5.41) is 0. The first-order valence-corrected chi connectivity index (χ1v) is 9.28. The van der Waals surface area contributed by atoms with Gasteiger partial charge >= 0.3 is 0 Å². The molecule has 2 aromatic carbocycles. The van der Waals surface area contributed by atoms with E-state index in [0.29, 0.717) is 5.75 Å². The zero-order valence-corrected chi connectivity index (χ0v) is 15.3. The van der Waals surface area contributed by atoms with Crippen LogP contribution < -0.4 is 4.74 Å². The zero-order chi connectivity index (χ0) is 17.3. The molecule has 2 rings (SSSR count). The molecular formula is C18H21ClO3S. The molecule has 0 bridgehead atoms. The fraction of sp³-hybridized carbons (Fsp3) is 0.333. The third kappa shape index (κ3) is 4.27. The van der Waals surface area contributed by atoms with Gasteiger partial charge in [-0.1, -0.05) is 12.1 Å². The Balaban J connectivity index is 2.31. The minimum atomic E-state index is -3.55. The molecule has 124 valence electrons. The number of sulfone groups is 1. The second-order valence-electron chi connectivity index (χ2n) is 6.14. The minimum Gasteiger partial charge on any atom is -0.491 e. The Morgan fingerprint density at radius 2 is 1.35 bits per heavy atom. The van der Waals surface area contributed by atoms with Gasteiger partial charge in [-0.15, -0.1) is 11.6 Å².